The second-order valence-corrected chi connectivity index (χ2v) is 6.31. The van der Waals surface area contributed by atoms with Gasteiger partial charge in [-0.3, -0.25) is 4.90 Å². The van der Waals surface area contributed by atoms with Gasteiger partial charge in [-0.2, -0.15) is 0 Å². The third kappa shape index (κ3) is 4.20. The summed E-state index contributed by atoms with van der Waals surface area (Å²) in [6.45, 7) is 6.24. The molecule has 0 amide bonds. The Labute approximate surface area is 149 Å². The van der Waals surface area contributed by atoms with Crippen molar-refractivity contribution in [2.75, 3.05) is 45.3 Å². The molecule has 2 aromatic rings. The van der Waals surface area contributed by atoms with Crippen LogP contribution >= 0.6 is 0 Å². The van der Waals surface area contributed by atoms with Crippen LogP contribution in [0.25, 0.3) is 0 Å². The Hall–Kier alpha value is -2.34. The summed E-state index contributed by atoms with van der Waals surface area (Å²) in [5, 5.41) is 0. The molecule has 2 heterocycles. The van der Waals surface area contributed by atoms with Gasteiger partial charge in [-0.25, -0.2) is 9.97 Å². The molecular weight excluding hydrogens is 316 g/mol. The lowest BCUT2D eigenvalue weighted by Gasteiger charge is -2.38. The summed E-state index contributed by atoms with van der Waals surface area (Å²) in [5.41, 5.74) is 1.26. The van der Waals surface area contributed by atoms with Crippen LogP contribution in [0.2, 0.25) is 0 Å². The van der Waals surface area contributed by atoms with E-state index in [0.717, 1.165) is 50.0 Å². The maximum atomic E-state index is 5.41. The first-order valence-corrected chi connectivity index (χ1v) is 8.68. The van der Waals surface area contributed by atoms with Gasteiger partial charge in [-0.15, -0.1) is 0 Å². The third-order valence-electron chi connectivity index (χ3n) is 4.75. The van der Waals surface area contributed by atoms with Crippen LogP contribution in [0.5, 0.6) is 11.5 Å². The molecular formula is C19H26N4O2. The highest BCUT2D eigenvalue weighted by Crippen LogP contribution is 2.28. The number of aromatic nitrogens is 2. The molecule has 1 aromatic heterocycles. The van der Waals surface area contributed by atoms with E-state index in [-0.39, 0.29) is 0 Å². The SMILES string of the molecule is COc1ccc(C[C@@H](C)N2CCN(c3ncccn3)CC2)cc1OC. The van der Waals surface area contributed by atoms with Crippen LogP contribution in [0, 0.1) is 0 Å². The number of methoxy groups -OCH3 is 2. The zero-order chi connectivity index (χ0) is 17.6. The van der Waals surface area contributed by atoms with Gasteiger partial charge in [0, 0.05) is 44.6 Å². The van der Waals surface area contributed by atoms with Gasteiger partial charge < -0.3 is 14.4 Å². The number of anilines is 1. The van der Waals surface area contributed by atoms with Crippen LogP contribution in [0.15, 0.2) is 36.7 Å². The summed E-state index contributed by atoms with van der Waals surface area (Å²) in [7, 11) is 3.34. The molecule has 3 rings (SSSR count). The summed E-state index contributed by atoms with van der Waals surface area (Å²) >= 11 is 0. The largest absolute Gasteiger partial charge is 0.493 e. The monoisotopic (exact) mass is 342 g/mol. The molecule has 1 aliphatic heterocycles. The molecule has 1 aromatic carbocycles. The van der Waals surface area contributed by atoms with Crippen molar-refractivity contribution < 1.29 is 9.47 Å². The van der Waals surface area contributed by atoms with E-state index < -0.39 is 0 Å². The van der Waals surface area contributed by atoms with Gasteiger partial charge in [0.25, 0.3) is 0 Å². The van der Waals surface area contributed by atoms with Gasteiger partial charge in [-0.05, 0) is 37.1 Å². The van der Waals surface area contributed by atoms with Crippen LogP contribution in [-0.4, -0.2) is 61.3 Å². The fourth-order valence-electron chi connectivity index (χ4n) is 3.30. The summed E-state index contributed by atoms with van der Waals surface area (Å²) < 4.78 is 10.7. The summed E-state index contributed by atoms with van der Waals surface area (Å²) in [6.07, 6.45) is 4.59. The van der Waals surface area contributed by atoms with E-state index in [2.05, 4.69) is 38.8 Å². The smallest absolute Gasteiger partial charge is 0.225 e. The Morgan fingerprint density at radius 2 is 1.68 bits per heavy atom. The van der Waals surface area contributed by atoms with E-state index in [1.807, 2.05) is 12.1 Å². The molecule has 1 saturated heterocycles. The quantitative estimate of drug-likeness (QED) is 0.802. The summed E-state index contributed by atoms with van der Waals surface area (Å²) in [5.74, 6) is 2.39. The second kappa shape index (κ2) is 8.16. The maximum absolute atomic E-state index is 5.41. The van der Waals surface area contributed by atoms with E-state index in [0.29, 0.717) is 6.04 Å². The van der Waals surface area contributed by atoms with Crippen molar-refractivity contribution in [3.8, 4) is 11.5 Å². The van der Waals surface area contributed by atoms with Crippen molar-refractivity contribution in [1.82, 2.24) is 14.9 Å². The van der Waals surface area contributed by atoms with E-state index in [4.69, 9.17) is 9.47 Å². The first kappa shape index (κ1) is 17.5. The fourth-order valence-corrected chi connectivity index (χ4v) is 3.30. The minimum Gasteiger partial charge on any atom is -0.493 e. The molecule has 0 aliphatic carbocycles. The average molecular weight is 342 g/mol. The molecule has 1 atom stereocenters. The molecule has 6 nitrogen and oxygen atoms in total. The first-order chi connectivity index (χ1) is 12.2. The lowest BCUT2D eigenvalue weighted by molar-refractivity contribution is 0.195. The molecule has 0 spiro atoms. The van der Waals surface area contributed by atoms with Crippen molar-refractivity contribution in [1.29, 1.82) is 0 Å². The van der Waals surface area contributed by atoms with E-state index in [9.17, 15) is 0 Å². The van der Waals surface area contributed by atoms with Crippen LogP contribution in [-0.2, 0) is 6.42 Å². The minimum absolute atomic E-state index is 0.469. The molecule has 1 aliphatic rings. The Morgan fingerprint density at radius 3 is 2.32 bits per heavy atom. The van der Waals surface area contributed by atoms with E-state index in [1.165, 1.54) is 5.56 Å². The van der Waals surface area contributed by atoms with Crippen molar-refractivity contribution >= 4 is 5.95 Å². The molecule has 6 heteroatoms. The van der Waals surface area contributed by atoms with Crippen molar-refractivity contribution in [2.24, 2.45) is 0 Å². The standard InChI is InChI=1S/C19H26N4O2/c1-15(13-16-5-6-17(24-2)18(14-16)25-3)22-9-11-23(12-10-22)19-20-7-4-8-21-19/h4-8,14-15H,9-13H2,1-3H3/t15-/m1/s1. The van der Waals surface area contributed by atoms with Gasteiger partial charge in [-0.1, -0.05) is 6.07 Å². The van der Waals surface area contributed by atoms with Gasteiger partial charge in [0.1, 0.15) is 0 Å². The lowest BCUT2D eigenvalue weighted by atomic mass is 10.0. The Kier molecular flexibility index (Phi) is 5.71. The number of benzene rings is 1. The molecule has 0 unspecified atom stereocenters. The number of hydrogen-bond donors (Lipinski definition) is 0. The number of ether oxygens (including phenoxy) is 2. The normalized spacial score (nSPS) is 16.5. The number of rotatable bonds is 6. The molecule has 1 fully saturated rings. The molecule has 134 valence electrons. The Morgan fingerprint density at radius 1 is 1.00 bits per heavy atom. The maximum Gasteiger partial charge on any atom is 0.225 e. The molecule has 0 N–H and O–H groups in total. The first-order valence-electron chi connectivity index (χ1n) is 8.68. The minimum atomic E-state index is 0.469. The summed E-state index contributed by atoms with van der Waals surface area (Å²) in [6, 6.07) is 8.49. The van der Waals surface area contributed by atoms with Crippen molar-refractivity contribution in [3.63, 3.8) is 0 Å². The van der Waals surface area contributed by atoms with Crippen LogP contribution in [0.3, 0.4) is 0 Å². The highest BCUT2D eigenvalue weighted by atomic mass is 16.5. The Balaban J connectivity index is 1.57. The van der Waals surface area contributed by atoms with Gasteiger partial charge >= 0.3 is 0 Å². The predicted octanol–water partition coefficient (Wildman–Crippen LogP) is 2.25. The van der Waals surface area contributed by atoms with Crippen molar-refractivity contribution in [2.45, 2.75) is 19.4 Å². The third-order valence-corrected chi connectivity index (χ3v) is 4.75. The number of piperazine rings is 1. The van der Waals surface area contributed by atoms with Gasteiger partial charge in [0.05, 0.1) is 14.2 Å². The zero-order valence-electron chi connectivity index (χ0n) is 15.2. The van der Waals surface area contributed by atoms with Gasteiger partial charge in [0.15, 0.2) is 11.5 Å². The topological polar surface area (TPSA) is 50.7 Å². The molecule has 25 heavy (non-hydrogen) atoms. The predicted molar refractivity (Wildman–Crippen MR) is 98.5 cm³/mol. The molecule has 0 radical (unpaired) electrons. The lowest BCUT2D eigenvalue weighted by Crippen LogP contribution is -2.50. The van der Waals surface area contributed by atoms with Crippen molar-refractivity contribution in [3.05, 3.63) is 42.2 Å². The number of hydrogen-bond acceptors (Lipinski definition) is 6. The van der Waals surface area contributed by atoms with E-state index in [1.54, 1.807) is 26.6 Å². The van der Waals surface area contributed by atoms with E-state index >= 15 is 0 Å². The van der Waals surface area contributed by atoms with Crippen LogP contribution in [0.4, 0.5) is 5.95 Å². The van der Waals surface area contributed by atoms with Gasteiger partial charge in [0.2, 0.25) is 5.95 Å². The molecule has 0 bridgehead atoms. The second-order valence-electron chi connectivity index (χ2n) is 6.31. The van der Waals surface area contributed by atoms with Crippen LogP contribution < -0.4 is 14.4 Å². The highest BCUT2D eigenvalue weighted by Gasteiger charge is 2.22. The highest BCUT2D eigenvalue weighted by molar-refractivity contribution is 5.43. The summed E-state index contributed by atoms with van der Waals surface area (Å²) in [4.78, 5) is 13.5. The zero-order valence-corrected chi connectivity index (χ0v) is 15.2. The number of nitrogens with zero attached hydrogens (tertiary/aromatic N) is 4. The Bertz CT molecular complexity index is 672. The van der Waals surface area contributed by atoms with Crippen LogP contribution in [0.1, 0.15) is 12.5 Å². The fraction of sp³-hybridized carbons (Fsp3) is 0.474. The average Bonchev–Trinajstić information content (AvgIpc) is 2.68. The molecule has 0 saturated carbocycles.